The van der Waals surface area contributed by atoms with Gasteiger partial charge in [-0.2, -0.15) is 0 Å². The molecular formula is C15H21NO6. The van der Waals surface area contributed by atoms with Crippen LogP contribution in [0.1, 0.15) is 10.4 Å². The number of aliphatic hydroxyl groups is 1. The van der Waals surface area contributed by atoms with E-state index >= 15 is 0 Å². The van der Waals surface area contributed by atoms with E-state index in [1.54, 1.807) is 18.2 Å². The van der Waals surface area contributed by atoms with Gasteiger partial charge in [-0.1, -0.05) is 0 Å². The van der Waals surface area contributed by atoms with Gasteiger partial charge in [0.15, 0.2) is 11.5 Å². The summed E-state index contributed by atoms with van der Waals surface area (Å²) in [5.41, 5.74) is 0.445. The molecular weight excluding hydrogens is 290 g/mol. The van der Waals surface area contributed by atoms with Crippen LogP contribution in [0.25, 0.3) is 0 Å². The van der Waals surface area contributed by atoms with Gasteiger partial charge in [0.05, 0.1) is 33.0 Å². The zero-order valence-corrected chi connectivity index (χ0v) is 12.4. The third kappa shape index (κ3) is 5.18. The van der Waals surface area contributed by atoms with E-state index in [-0.39, 0.29) is 19.1 Å². The summed E-state index contributed by atoms with van der Waals surface area (Å²) < 4.78 is 22.0. The molecule has 1 aromatic rings. The van der Waals surface area contributed by atoms with Crippen molar-refractivity contribution in [1.82, 2.24) is 5.32 Å². The second kappa shape index (κ2) is 9.24. The lowest BCUT2D eigenvalue weighted by Gasteiger charge is -2.16. The molecule has 0 spiro atoms. The highest BCUT2D eigenvalue weighted by Gasteiger charge is 2.12. The molecule has 1 heterocycles. The van der Waals surface area contributed by atoms with Crippen LogP contribution in [0.3, 0.4) is 0 Å². The normalized spacial score (nSPS) is 16.2. The molecule has 0 bridgehead atoms. The van der Waals surface area contributed by atoms with Crippen molar-refractivity contribution in [1.29, 1.82) is 0 Å². The van der Waals surface area contributed by atoms with E-state index in [4.69, 9.17) is 24.1 Å². The predicted octanol–water partition coefficient (Wildman–Crippen LogP) is 0.213. The number of carbonyl (C=O) groups is 1. The summed E-state index contributed by atoms with van der Waals surface area (Å²) >= 11 is 0. The van der Waals surface area contributed by atoms with Gasteiger partial charge >= 0.3 is 0 Å². The molecule has 0 aromatic heterocycles. The lowest BCUT2D eigenvalue weighted by Crippen LogP contribution is -2.26. The highest BCUT2D eigenvalue weighted by atomic mass is 16.6. The minimum Gasteiger partial charge on any atom is -0.487 e. The van der Waals surface area contributed by atoms with E-state index in [2.05, 4.69) is 5.32 Å². The Bertz CT molecular complexity index is 479. The summed E-state index contributed by atoms with van der Waals surface area (Å²) in [6.07, 6.45) is 0. The second-order valence-electron chi connectivity index (χ2n) is 4.56. The van der Waals surface area contributed by atoms with Crippen molar-refractivity contribution in [2.75, 3.05) is 52.8 Å². The van der Waals surface area contributed by atoms with Gasteiger partial charge in [-0.05, 0) is 18.2 Å². The molecule has 22 heavy (non-hydrogen) atoms. The smallest absolute Gasteiger partial charge is 0.251 e. The van der Waals surface area contributed by atoms with Crippen molar-refractivity contribution in [3.05, 3.63) is 23.8 Å². The van der Waals surface area contributed by atoms with Gasteiger partial charge in [0.1, 0.15) is 13.2 Å². The van der Waals surface area contributed by atoms with Crippen molar-refractivity contribution in [2.45, 2.75) is 0 Å². The van der Waals surface area contributed by atoms with Crippen LogP contribution in [0, 0.1) is 0 Å². The maximum absolute atomic E-state index is 11.9. The van der Waals surface area contributed by atoms with E-state index in [1.165, 1.54) is 0 Å². The van der Waals surface area contributed by atoms with Gasteiger partial charge in [0.25, 0.3) is 5.91 Å². The average Bonchev–Trinajstić information content (AvgIpc) is 2.53. The largest absolute Gasteiger partial charge is 0.487 e. The summed E-state index contributed by atoms with van der Waals surface area (Å²) in [5, 5.41) is 11.3. The number of aliphatic hydroxyl groups excluding tert-OH is 1. The summed E-state index contributed by atoms with van der Waals surface area (Å²) in [6, 6.07) is 4.96. The zero-order valence-electron chi connectivity index (χ0n) is 12.4. The maximum atomic E-state index is 11.9. The predicted molar refractivity (Wildman–Crippen MR) is 78.5 cm³/mol. The van der Waals surface area contributed by atoms with E-state index in [1.807, 2.05) is 0 Å². The Hall–Kier alpha value is -1.83. The van der Waals surface area contributed by atoms with Gasteiger partial charge in [0.2, 0.25) is 0 Å². The number of amides is 1. The first-order chi connectivity index (χ1) is 10.8. The fourth-order valence-electron chi connectivity index (χ4n) is 1.90. The summed E-state index contributed by atoms with van der Waals surface area (Å²) in [5.74, 6) is 0.773. The molecule has 0 radical (unpaired) electrons. The van der Waals surface area contributed by atoms with E-state index in [0.717, 1.165) is 0 Å². The minimum absolute atomic E-state index is 0.104. The van der Waals surface area contributed by atoms with Crippen molar-refractivity contribution >= 4 is 5.91 Å². The van der Waals surface area contributed by atoms with Crippen molar-refractivity contribution in [3.8, 4) is 11.5 Å². The van der Waals surface area contributed by atoms with Crippen LogP contribution in [0.5, 0.6) is 11.5 Å². The number of ether oxygens (including phenoxy) is 4. The molecule has 1 amide bonds. The van der Waals surface area contributed by atoms with Crippen molar-refractivity contribution in [2.24, 2.45) is 0 Å². The van der Waals surface area contributed by atoms with Crippen LogP contribution in [-0.2, 0) is 9.47 Å². The standard InChI is InChI=1S/C15H21NO6/c17-4-3-16-15(18)12-1-2-13-14(11-12)22-10-8-20-6-5-19-7-9-21-13/h1-2,11,17H,3-10H2,(H,16,18). The second-order valence-corrected chi connectivity index (χ2v) is 4.56. The first-order valence-corrected chi connectivity index (χ1v) is 7.25. The number of nitrogens with one attached hydrogen (secondary N) is 1. The van der Waals surface area contributed by atoms with Gasteiger partial charge in [-0.3, -0.25) is 4.79 Å². The zero-order chi connectivity index (χ0) is 15.6. The molecule has 1 aliphatic heterocycles. The lowest BCUT2D eigenvalue weighted by atomic mass is 10.2. The molecule has 0 saturated heterocycles. The fourth-order valence-corrected chi connectivity index (χ4v) is 1.90. The molecule has 0 atom stereocenters. The van der Waals surface area contributed by atoms with Gasteiger partial charge in [-0.15, -0.1) is 0 Å². The molecule has 0 saturated carbocycles. The number of fused-ring (bicyclic) bond motifs is 1. The lowest BCUT2D eigenvalue weighted by molar-refractivity contribution is 0.0223. The number of hydrogen-bond acceptors (Lipinski definition) is 6. The Morgan fingerprint density at radius 3 is 2.32 bits per heavy atom. The Balaban J connectivity index is 2.08. The van der Waals surface area contributed by atoms with Crippen molar-refractivity contribution < 1.29 is 28.8 Å². The average molecular weight is 311 g/mol. The fraction of sp³-hybridized carbons (Fsp3) is 0.533. The molecule has 0 fully saturated rings. The third-order valence-electron chi connectivity index (χ3n) is 2.95. The summed E-state index contributed by atoms with van der Waals surface area (Å²) in [4.78, 5) is 11.9. The van der Waals surface area contributed by atoms with Gasteiger partial charge < -0.3 is 29.4 Å². The summed E-state index contributed by atoms with van der Waals surface area (Å²) in [7, 11) is 0. The quantitative estimate of drug-likeness (QED) is 0.830. The molecule has 2 rings (SSSR count). The Labute approximate surface area is 129 Å². The number of rotatable bonds is 3. The van der Waals surface area contributed by atoms with Gasteiger partial charge in [-0.25, -0.2) is 0 Å². The third-order valence-corrected chi connectivity index (χ3v) is 2.95. The van der Waals surface area contributed by atoms with Gasteiger partial charge in [0, 0.05) is 12.1 Å². The number of carbonyl (C=O) groups excluding carboxylic acids is 1. The Morgan fingerprint density at radius 1 is 1.00 bits per heavy atom. The monoisotopic (exact) mass is 311 g/mol. The molecule has 7 heteroatoms. The minimum atomic E-state index is -0.272. The molecule has 0 aliphatic carbocycles. The molecule has 1 aliphatic rings. The highest BCUT2D eigenvalue weighted by molar-refractivity contribution is 5.94. The van der Waals surface area contributed by atoms with E-state index < -0.39 is 0 Å². The first kappa shape index (κ1) is 16.5. The van der Waals surface area contributed by atoms with Crippen LogP contribution in [0.15, 0.2) is 18.2 Å². The molecule has 2 N–H and O–H groups in total. The SMILES string of the molecule is O=C(NCCO)c1ccc2c(c1)OCCOCCOCCO2. The van der Waals surface area contributed by atoms with Crippen LogP contribution >= 0.6 is 0 Å². The van der Waals surface area contributed by atoms with Crippen LogP contribution in [-0.4, -0.2) is 63.8 Å². The Morgan fingerprint density at radius 2 is 1.64 bits per heavy atom. The van der Waals surface area contributed by atoms with Crippen LogP contribution in [0.2, 0.25) is 0 Å². The van der Waals surface area contributed by atoms with E-state index in [0.29, 0.717) is 56.7 Å². The topological polar surface area (TPSA) is 86.3 Å². The first-order valence-electron chi connectivity index (χ1n) is 7.25. The van der Waals surface area contributed by atoms with Crippen LogP contribution < -0.4 is 14.8 Å². The molecule has 0 unspecified atom stereocenters. The van der Waals surface area contributed by atoms with Crippen molar-refractivity contribution in [3.63, 3.8) is 0 Å². The molecule has 1 aromatic carbocycles. The molecule has 122 valence electrons. The highest BCUT2D eigenvalue weighted by Crippen LogP contribution is 2.28. The number of benzene rings is 1. The molecule has 7 nitrogen and oxygen atoms in total. The number of hydrogen-bond donors (Lipinski definition) is 2. The van der Waals surface area contributed by atoms with E-state index in [9.17, 15) is 4.79 Å². The Kier molecular flexibility index (Phi) is 6.95. The van der Waals surface area contributed by atoms with Crippen LogP contribution in [0.4, 0.5) is 0 Å². The maximum Gasteiger partial charge on any atom is 0.251 e. The summed E-state index contributed by atoms with van der Waals surface area (Å²) in [6.45, 7) is 2.79.